The van der Waals surface area contributed by atoms with Gasteiger partial charge in [0.15, 0.2) is 0 Å². The maximum absolute atomic E-state index is 2.41. The Morgan fingerprint density at radius 2 is 0.600 bits per heavy atom. The van der Waals surface area contributed by atoms with Crippen LogP contribution in [0.4, 0.5) is 17.1 Å². The Morgan fingerprint density at radius 1 is 0.350 bits per heavy atom. The number of rotatable bonds is 6. The summed E-state index contributed by atoms with van der Waals surface area (Å²) in [6, 6.07) is 40.9. The van der Waals surface area contributed by atoms with Gasteiger partial charge < -0.3 is 0 Å². The minimum atomic E-state index is -2.15. The van der Waals surface area contributed by atoms with Gasteiger partial charge in [-0.2, -0.15) is 0 Å². The third-order valence-electron chi connectivity index (χ3n) is 7.75. The van der Waals surface area contributed by atoms with E-state index in [9.17, 15) is 0 Å². The fourth-order valence-electron chi connectivity index (χ4n) is 5.97. The zero-order valence-electron chi connectivity index (χ0n) is 24.2. The van der Waals surface area contributed by atoms with Crippen molar-refractivity contribution in [2.75, 3.05) is 57.0 Å². The van der Waals surface area contributed by atoms with Gasteiger partial charge >= 0.3 is 243 Å². The molecule has 0 saturated carbocycles. The van der Waals surface area contributed by atoms with Crippen LogP contribution in [0.25, 0.3) is 32.3 Å². The summed E-state index contributed by atoms with van der Waals surface area (Å²) in [5.74, 6) is 0. The first-order valence-electron chi connectivity index (χ1n) is 13.7. The average molecular weight is 586 g/mol. The van der Waals surface area contributed by atoms with Crippen molar-refractivity contribution >= 4 is 77.1 Å². The first kappa shape index (κ1) is 26.3. The van der Waals surface area contributed by atoms with Crippen LogP contribution in [0.15, 0.2) is 109 Å². The normalized spacial score (nSPS) is 11.5. The van der Waals surface area contributed by atoms with Crippen molar-refractivity contribution in [3.05, 3.63) is 109 Å². The van der Waals surface area contributed by atoms with Crippen LogP contribution in [-0.2, 0) is 0 Å². The van der Waals surface area contributed by atoms with Crippen LogP contribution in [0.2, 0.25) is 0 Å². The second kappa shape index (κ2) is 10.6. The van der Waals surface area contributed by atoms with Gasteiger partial charge in [-0.05, 0) is 0 Å². The molecule has 6 rings (SSSR count). The molecular weight excluding hydrogens is 549 g/mol. The monoisotopic (exact) mass is 585 g/mol. The summed E-state index contributed by atoms with van der Waals surface area (Å²) in [7, 11) is 13.0. The molecule has 0 bridgehead atoms. The molecule has 0 spiro atoms. The second-order valence-corrected chi connectivity index (χ2v) is 15.4. The van der Waals surface area contributed by atoms with Gasteiger partial charge in [0, 0.05) is 0 Å². The van der Waals surface area contributed by atoms with E-state index in [1.165, 1.54) is 62.4 Å². The van der Waals surface area contributed by atoms with E-state index in [0.29, 0.717) is 0 Å². The van der Waals surface area contributed by atoms with E-state index in [2.05, 4.69) is 166 Å². The van der Waals surface area contributed by atoms with E-state index in [4.69, 9.17) is 0 Å². The summed E-state index contributed by atoms with van der Waals surface area (Å²) >= 11 is -2.15. The van der Waals surface area contributed by atoms with Gasteiger partial charge in [0.2, 0.25) is 0 Å². The van der Waals surface area contributed by atoms with Crippen LogP contribution in [0.3, 0.4) is 0 Å². The molecule has 0 radical (unpaired) electrons. The quantitative estimate of drug-likeness (QED) is 0.227. The molecule has 6 aromatic rings. The third kappa shape index (κ3) is 4.39. The van der Waals surface area contributed by atoms with Gasteiger partial charge in [-0.15, -0.1) is 0 Å². The molecule has 0 heterocycles. The topological polar surface area (TPSA) is 9.72 Å². The Balaban J connectivity index is 1.82. The van der Waals surface area contributed by atoms with Gasteiger partial charge in [0.05, 0.1) is 0 Å². The summed E-state index contributed by atoms with van der Waals surface area (Å²) in [5.41, 5.74) is 3.82. The Labute approximate surface area is 242 Å². The van der Waals surface area contributed by atoms with Gasteiger partial charge in [-0.1, -0.05) is 0 Å². The predicted molar refractivity (Wildman–Crippen MR) is 179 cm³/mol. The van der Waals surface area contributed by atoms with Gasteiger partial charge in [0.1, 0.15) is 0 Å². The molecule has 0 amide bonds. The molecule has 200 valence electrons. The number of nitrogens with zero attached hydrogens (tertiary/aromatic N) is 3. The van der Waals surface area contributed by atoms with E-state index in [1.54, 1.807) is 0 Å². The minimum absolute atomic E-state index is 1.27. The first-order chi connectivity index (χ1) is 19.4. The summed E-state index contributed by atoms with van der Waals surface area (Å²) in [5, 5.41) is 7.99. The molecule has 6 aromatic carbocycles. The van der Waals surface area contributed by atoms with Gasteiger partial charge in [-0.3, -0.25) is 0 Å². The Kier molecular flexibility index (Phi) is 6.94. The zero-order valence-corrected chi connectivity index (χ0v) is 26.1. The number of anilines is 3. The van der Waals surface area contributed by atoms with Crippen molar-refractivity contribution < 1.29 is 0 Å². The molecule has 4 heteroatoms. The van der Waals surface area contributed by atoms with E-state index < -0.39 is 14.7 Å². The van der Waals surface area contributed by atoms with E-state index >= 15 is 0 Å². The molecular formula is C36H36AsN3. The molecule has 0 N–H and O–H groups in total. The fourth-order valence-corrected chi connectivity index (χ4v) is 12.0. The van der Waals surface area contributed by atoms with Gasteiger partial charge in [0.25, 0.3) is 0 Å². The summed E-state index contributed by atoms with van der Waals surface area (Å²) in [6.45, 7) is 0. The Morgan fingerprint density at radius 3 is 0.850 bits per heavy atom. The van der Waals surface area contributed by atoms with Crippen molar-refractivity contribution in [1.29, 1.82) is 0 Å². The van der Waals surface area contributed by atoms with Crippen molar-refractivity contribution in [3.8, 4) is 0 Å². The Bertz CT molecular complexity index is 1620. The fraction of sp³-hybridized carbons (Fsp3) is 0.167. The van der Waals surface area contributed by atoms with Crippen LogP contribution in [0, 0.1) is 0 Å². The molecule has 0 aliphatic rings. The third-order valence-corrected chi connectivity index (χ3v) is 13.1. The summed E-state index contributed by atoms with van der Waals surface area (Å²) < 4.78 is 4.41. The zero-order chi connectivity index (χ0) is 28.0. The molecule has 0 aliphatic heterocycles. The molecule has 0 unspecified atom stereocenters. The molecule has 0 fully saturated rings. The number of hydrogen-bond donors (Lipinski definition) is 0. The van der Waals surface area contributed by atoms with Crippen LogP contribution >= 0.6 is 0 Å². The van der Waals surface area contributed by atoms with Crippen molar-refractivity contribution in [2.24, 2.45) is 0 Å². The summed E-state index contributed by atoms with van der Waals surface area (Å²) in [6.07, 6.45) is 0. The number of fused-ring (bicyclic) bond motifs is 3. The molecule has 0 aromatic heterocycles. The maximum atomic E-state index is 2.41. The van der Waals surface area contributed by atoms with Crippen molar-refractivity contribution in [3.63, 3.8) is 0 Å². The molecule has 3 nitrogen and oxygen atoms in total. The van der Waals surface area contributed by atoms with Crippen LogP contribution in [0.5, 0.6) is 0 Å². The number of hydrogen-bond acceptors (Lipinski definition) is 3. The standard InChI is InChI=1S/C36H36AsN3/c1-38(2)31-22-10-16-25-13-7-19-28(34(25)31)37(29-20-8-14-26-17-11-23-32(35(26)29)39(3)4)30-21-9-15-27-18-12-24-33(36(27)30)40(5)6/h7-24H,1-6H3. The van der Waals surface area contributed by atoms with E-state index in [-0.39, 0.29) is 0 Å². The van der Waals surface area contributed by atoms with Gasteiger partial charge in [-0.25, -0.2) is 0 Å². The molecule has 0 saturated heterocycles. The predicted octanol–water partition coefficient (Wildman–Crippen LogP) is 5.86. The van der Waals surface area contributed by atoms with Crippen LogP contribution in [-0.4, -0.2) is 56.9 Å². The van der Waals surface area contributed by atoms with Crippen LogP contribution in [0.1, 0.15) is 0 Å². The van der Waals surface area contributed by atoms with Crippen LogP contribution < -0.4 is 27.8 Å². The molecule has 40 heavy (non-hydrogen) atoms. The van der Waals surface area contributed by atoms with E-state index in [0.717, 1.165) is 0 Å². The average Bonchev–Trinajstić information content (AvgIpc) is 2.96. The summed E-state index contributed by atoms with van der Waals surface area (Å²) in [4.78, 5) is 6.79. The van der Waals surface area contributed by atoms with Crippen molar-refractivity contribution in [2.45, 2.75) is 0 Å². The molecule has 0 aliphatic carbocycles. The number of benzene rings is 6. The Hall–Kier alpha value is -3.94. The second-order valence-electron chi connectivity index (χ2n) is 11.0. The SMILES string of the molecule is CN(C)c1cccc2cccc([As](c3cccc4cccc(N(C)C)c34)c3cccc4cccc(N(C)C)c34)c12. The van der Waals surface area contributed by atoms with Crippen molar-refractivity contribution in [1.82, 2.24) is 0 Å². The van der Waals surface area contributed by atoms with E-state index in [1.807, 2.05) is 0 Å². The first-order valence-corrected chi connectivity index (χ1v) is 16.6. The molecule has 0 atom stereocenters.